The molecule has 3 fully saturated rings. The number of fused-ring (bicyclic) bond motifs is 1. The van der Waals surface area contributed by atoms with Crippen LogP contribution < -0.4 is 5.32 Å². The molecule has 5 rings (SSSR count). The number of carbonyl (C=O) groups excluding carboxylic acids is 2. The van der Waals surface area contributed by atoms with Crippen molar-refractivity contribution in [1.29, 1.82) is 0 Å². The molecule has 1 aliphatic heterocycles. The maximum Gasteiger partial charge on any atom is 0.249 e. The van der Waals surface area contributed by atoms with E-state index < -0.39 is 0 Å². The molecule has 29 heavy (non-hydrogen) atoms. The maximum atomic E-state index is 12.8. The maximum absolute atomic E-state index is 12.8. The van der Waals surface area contributed by atoms with Crippen molar-refractivity contribution in [2.24, 2.45) is 0 Å². The third-order valence-electron chi connectivity index (χ3n) is 6.77. The minimum Gasteiger partial charge on any atom is -0.373 e. The second-order valence-corrected chi connectivity index (χ2v) is 9.01. The van der Waals surface area contributed by atoms with E-state index in [9.17, 15) is 9.59 Å². The van der Waals surface area contributed by atoms with E-state index >= 15 is 0 Å². The molecule has 0 radical (unpaired) electrons. The SMILES string of the molecule is O=C(CC1CN(C(=O)COC2CC2)C2(CCC2)CO1)NC1Cc2cccnc2C1. The standard InChI is InChI=1S/C22H29N3O4/c26-20(24-16-9-15-3-1-8-23-19(15)10-16)11-18-12-25(21(27)13-28-17-4-5-17)22(14-29-18)6-2-7-22/h1,3,8,16-18H,2,4-7,9-14H2,(H,24,26). The summed E-state index contributed by atoms with van der Waals surface area (Å²) in [6.45, 7) is 1.16. The quantitative estimate of drug-likeness (QED) is 0.782. The minimum atomic E-state index is -0.256. The van der Waals surface area contributed by atoms with Gasteiger partial charge in [-0.15, -0.1) is 0 Å². The van der Waals surface area contributed by atoms with Gasteiger partial charge in [-0.3, -0.25) is 14.6 Å². The second kappa shape index (κ2) is 7.69. The number of amides is 2. The number of ether oxygens (including phenoxy) is 2. The van der Waals surface area contributed by atoms with Crippen LogP contribution in [0.3, 0.4) is 0 Å². The van der Waals surface area contributed by atoms with Crippen LogP contribution in [0.5, 0.6) is 0 Å². The highest BCUT2D eigenvalue weighted by Gasteiger charge is 2.49. The van der Waals surface area contributed by atoms with Crippen LogP contribution in [-0.2, 0) is 31.9 Å². The lowest BCUT2D eigenvalue weighted by Gasteiger charge is -2.54. The molecular formula is C22H29N3O4. The van der Waals surface area contributed by atoms with Crippen molar-refractivity contribution >= 4 is 11.8 Å². The highest BCUT2D eigenvalue weighted by molar-refractivity contribution is 5.79. The van der Waals surface area contributed by atoms with Crippen molar-refractivity contribution in [2.75, 3.05) is 19.8 Å². The van der Waals surface area contributed by atoms with Gasteiger partial charge in [0.05, 0.1) is 30.8 Å². The molecule has 3 aliphatic carbocycles. The fourth-order valence-electron chi connectivity index (χ4n) is 4.80. The van der Waals surface area contributed by atoms with Gasteiger partial charge in [0.1, 0.15) is 6.61 Å². The molecule has 0 aromatic carbocycles. The second-order valence-electron chi connectivity index (χ2n) is 9.01. The van der Waals surface area contributed by atoms with Crippen LogP contribution in [0.4, 0.5) is 0 Å². The fourth-order valence-corrected chi connectivity index (χ4v) is 4.80. The van der Waals surface area contributed by atoms with Crippen molar-refractivity contribution < 1.29 is 19.1 Å². The zero-order valence-electron chi connectivity index (χ0n) is 16.8. The first-order valence-electron chi connectivity index (χ1n) is 10.9. The van der Waals surface area contributed by atoms with Gasteiger partial charge in [0.15, 0.2) is 0 Å². The van der Waals surface area contributed by atoms with Crippen LogP contribution in [0.1, 0.15) is 49.8 Å². The number of hydrogen-bond acceptors (Lipinski definition) is 5. The summed E-state index contributed by atoms with van der Waals surface area (Å²) in [7, 11) is 0. The van der Waals surface area contributed by atoms with E-state index in [1.165, 1.54) is 5.56 Å². The molecule has 1 N–H and O–H groups in total. The highest BCUT2D eigenvalue weighted by atomic mass is 16.5. The van der Waals surface area contributed by atoms with E-state index in [1.54, 1.807) is 6.20 Å². The zero-order chi connectivity index (χ0) is 19.8. The minimum absolute atomic E-state index is 0.0148. The van der Waals surface area contributed by atoms with Crippen LogP contribution >= 0.6 is 0 Å². The van der Waals surface area contributed by atoms with Gasteiger partial charge in [-0.1, -0.05) is 6.07 Å². The van der Waals surface area contributed by atoms with Gasteiger partial charge in [0.25, 0.3) is 0 Å². The summed E-state index contributed by atoms with van der Waals surface area (Å²) in [6.07, 6.45) is 8.90. The molecule has 1 spiro atoms. The van der Waals surface area contributed by atoms with Gasteiger partial charge in [-0.25, -0.2) is 0 Å². The molecule has 1 aromatic heterocycles. The van der Waals surface area contributed by atoms with Gasteiger partial charge in [0.2, 0.25) is 11.8 Å². The van der Waals surface area contributed by atoms with Gasteiger partial charge in [0, 0.05) is 30.9 Å². The number of nitrogens with zero attached hydrogens (tertiary/aromatic N) is 2. The molecule has 2 atom stereocenters. The number of pyridine rings is 1. The first-order chi connectivity index (χ1) is 14.1. The predicted octanol–water partition coefficient (Wildman–Crippen LogP) is 1.38. The third-order valence-corrected chi connectivity index (χ3v) is 6.77. The molecule has 4 aliphatic rings. The Balaban J connectivity index is 1.15. The van der Waals surface area contributed by atoms with Crippen LogP contribution in [0.15, 0.2) is 18.3 Å². The van der Waals surface area contributed by atoms with Crippen molar-refractivity contribution in [3.63, 3.8) is 0 Å². The number of aromatic nitrogens is 1. The average molecular weight is 399 g/mol. The monoisotopic (exact) mass is 399 g/mol. The molecular weight excluding hydrogens is 370 g/mol. The average Bonchev–Trinajstić information content (AvgIpc) is 3.42. The Morgan fingerprint density at radius 1 is 1.31 bits per heavy atom. The highest BCUT2D eigenvalue weighted by Crippen LogP contribution is 2.41. The van der Waals surface area contributed by atoms with Gasteiger partial charge in [-0.05, 0) is 50.2 Å². The summed E-state index contributed by atoms with van der Waals surface area (Å²) in [4.78, 5) is 31.8. The van der Waals surface area contributed by atoms with E-state index in [1.807, 2.05) is 11.0 Å². The Morgan fingerprint density at radius 2 is 2.17 bits per heavy atom. The number of rotatable bonds is 6. The molecule has 2 amide bonds. The lowest BCUT2D eigenvalue weighted by molar-refractivity contribution is -0.176. The molecule has 0 bridgehead atoms. The largest absolute Gasteiger partial charge is 0.373 e. The molecule has 2 saturated carbocycles. The number of nitrogens with one attached hydrogen (secondary N) is 1. The molecule has 7 nitrogen and oxygen atoms in total. The Kier molecular flexibility index (Phi) is 5.04. The lowest BCUT2D eigenvalue weighted by atomic mass is 9.74. The van der Waals surface area contributed by atoms with Gasteiger partial charge < -0.3 is 19.7 Å². The summed E-state index contributed by atoms with van der Waals surface area (Å²) in [6, 6.07) is 4.11. The van der Waals surface area contributed by atoms with Crippen LogP contribution in [-0.4, -0.2) is 65.2 Å². The Bertz CT molecular complexity index is 765. The Hall–Kier alpha value is -1.99. The smallest absolute Gasteiger partial charge is 0.249 e. The van der Waals surface area contributed by atoms with E-state index in [-0.39, 0.29) is 48.6 Å². The predicted molar refractivity (Wildman–Crippen MR) is 105 cm³/mol. The normalized spacial score (nSPS) is 27.4. The van der Waals surface area contributed by atoms with Crippen molar-refractivity contribution in [1.82, 2.24) is 15.2 Å². The van der Waals surface area contributed by atoms with Crippen molar-refractivity contribution in [3.8, 4) is 0 Å². The molecule has 2 heterocycles. The topological polar surface area (TPSA) is 80.8 Å². The van der Waals surface area contributed by atoms with Crippen molar-refractivity contribution in [2.45, 2.75) is 75.2 Å². The molecule has 1 saturated heterocycles. The summed E-state index contributed by atoms with van der Waals surface area (Å²) >= 11 is 0. The zero-order valence-corrected chi connectivity index (χ0v) is 16.8. The van der Waals surface area contributed by atoms with E-state index in [4.69, 9.17) is 9.47 Å². The Labute approximate surface area is 171 Å². The molecule has 156 valence electrons. The lowest BCUT2D eigenvalue weighted by Crippen LogP contribution is -2.65. The van der Waals surface area contributed by atoms with Gasteiger partial charge >= 0.3 is 0 Å². The summed E-state index contributed by atoms with van der Waals surface area (Å²) in [5.41, 5.74) is 2.12. The van der Waals surface area contributed by atoms with Gasteiger partial charge in [-0.2, -0.15) is 0 Å². The van der Waals surface area contributed by atoms with Crippen LogP contribution in [0, 0.1) is 0 Å². The van der Waals surface area contributed by atoms with Crippen LogP contribution in [0.25, 0.3) is 0 Å². The summed E-state index contributed by atoms with van der Waals surface area (Å²) in [5.74, 6) is 0.0293. The van der Waals surface area contributed by atoms with E-state index in [0.717, 1.165) is 50.6 Å². The molecule has 1 aromatic rings. The Morgan fingerprint density at radius 3 is 2.90 bits per heavy atom. The third kappa shape index (κ3) is 4.03. The first kappa shape index (κ1) is 19.0. The number of hydrogen-bond donors (Lipinski definition) is 1. The van der Waals surface area contributed by atoms with E-state index in [2.05, 4.69) is 16.4 Å². The van der Waals surface area contributed by atoms with E-state index in [0.29, 0.717) is 13.2 Å². The summed E-state index contributed by atoms with van der Waals surface area (Å²) < 4.78 is 11.7. The number of morpholine rings is 1. The molecule has 2 unspecified atom stereocenters. The number of carbonyl (C=O) groups is 2. The van der Waals surface area contributed by atoms with Crippen LogP contribution in [0.2, 0.25) is 0 Å². The molecule has 7 heteroatoms. The van der Waals surface area contributed by atoms with Crippen molar-refractivity contribution in [3.05, 3.63) is 29.6 Å². The summed E-state index contributed by atoms with van der Waals surface area (Å²) in [5, 5.41) is 3.13. The fraction of sp³-hybridized carbons (Fsp3) is 0.682. The first-order valence-corrected chi connectivity index (χ1v) is 10.9.